The quantitative estimate of drug-likeness (QED) is 0.662. The van der Waals surface area contributed by atoms with Crippen LogP contribution in [0.15, 0.2) is 0 Å². The van der Waals surface area contributed by atoms with Crippen molar-refractivity contribution in [1.29, 1.82) is 0 Å². The molecule has 0 aromatic rings. The Morgan fingerprint density at radius 1 is 1.18 bits per heavy atom. The molecule has 0 aromatic heterocycles. The molecule has 17 heavy (non-hydrogen) atoms. The average Bonchev–Trinajstić information content (AvgIpc) is 2.15. The maximum absolute atomic E-state index is 11.5. The van der Waals surface area contributed by atoms with Gasteiger partial charge >= 0.3 is 0 Å². The molecule has 0 radical (unpaired) electrons. The molecule has 2 N–H and O–H groups in total. The number of Topliss-reactive ketones (excluding diaryl/α,β-unsaturated/α-hetero) is 2. The third-order valence-electron chi connectivity index (χ3n) is 2.24. The van der Waals surface area contributed by atoms with Crippen LogP contribution in [0.3, 0.4) is 0 Å². The van der Waals surface area contributed by atoms with Crippen molar-refractivity contribution < 1.29 is 14.4 Å². The zero-order chi connectivity index (χ0) is 13.6. The van der Waals surface area contributed by atoms with Gasteiger partial charge in [-0.05, 0) is 41.2 Å². The predicted molar refractivity (Wildman–Crippen MR) is 65.7 cm³/mol. The summed E-state index contributed by atoms with van der Waals surface area (Å²) in [5.74, 6) is -1.10. The van der Waals surface area contributed by atoms with E-state index in [1.165, 1.54) is 6.92 Å². The predicted octanol–water partition coefficient (Wildman–Crippen LogP) is 0.427. The Morgan fingerprint density at radius 2 is 1.71 bits per heavy atom. The summed E-state index contributed by atoms with van der Waals surface area (Å²) in [5.41, 5.74) is -0.421. The number of ketones is 2. The summed E-state index contributed by atoms with van der Waals surface area (Å²) in [5, 5.41) is 5.41. The van der Waals surface area contributed by atoms with Crippen LogP contribution in [0.2, 0.25) is 0 Å². The van der Waals surface area contributed by atoms with Gasteiger partial charge in [-0.1, -0.05) is 0 Å². The van der Waals surface area contributed by atoms with Crippen LogP contribution in [-0.4, -0.2) is 36.1 Å². The highest BCUT2D eigenvalue weighted by Crippen LogP contribution is 2.02. The smallest absolute Gasteiger partial charge is 0.287 e. The lowest BCUT2D eigenvalue weighted by molar-refractivity contribution is -0.139. The summed E-state index contributed by atoms with van der Waals surface area (Å²) in [6.07, 6.45) is 0.426. The van der Waals surface area contributed by atoms with Gasteiger partial charge in [-0.15, -0.1) is 0 Å². The molecular formula is C12H22N2O3. The lowest BCUT2D eigenvalue weighted by Crippen LogP contribution is -2.44. The minimum atomic E-state index is -0.587. The molecule has 5 nitrogen and oxygen atoms in total. The van der Waals surface area contributed by atoms with Crippen molar-refractivity contribution in [1.82, 2.24) is 10.6 Å². The molecule has 0 saturated carbocycles. The summed E-state index contributed by atoms with van der Waals surface area (Å²) in [6, 6.07) is -0.360. The normalized spacial score (nSPS) is 13.0. The van der Waals surface area contributed by atoms with Crippen LogP contribution in [-0.2, 0) is 14.4 Å². The number of carbonyl (C=O) groups is 3. The van der Waals surface area contributed by atoms with E-state index in [2.05, 4.69) is 10.6 Å². The molecule has 0 bridgehead atoms. The van der Waals surface area contributed by atoms with Crippen LogP contribution < -0.4 is 10.6 Å². The zero-order valence-corrected chi connectivity index (χ0v) is 11.2. The van der Waals surface area contributed by atoms with Crippen LogP contribution in [0.4, 0.5) is 0 Å². The molecule has 1 amide bonds. The lowest BCUT2D eigenvalue weighted by atomic mass is 10.0. The van der Waals surface area contributed by atoms with Gasteiger partial charge in [-0.25, -0.2) is 0 Å². The molecule has 0 rings (SSSR count). The second-order valence-electron chi connectivity index (χ2n) is 5.12. The van der Waals surface area contributed by atoms with Gasteiger partial charge in [0, 0.05) is 12.0 Å². The Bertz CT molecular complexity index is 305. The summed E-state index contributed by atoms with van der Waals surface area (Å²) < 4.78 is 0. The third-order valence-corrected chi connectivity index (χ3v) is 2.24. The van der Waals surface area contributed by atoms with Crippen molar-refractivity contribution in [2.24, 2.45) is 0 Å². The first-order valence-electron chi connectivity index (χ1n) is 5.70. The zero-order valence-electron chi connectivity index (χ0n) is 11.2. The first kappa shape index (κ1) is 15.8. The van der Waals surface area contributed by atoms with Crippen molar-refractivity contribution in [2.75, 3.05) is 7.05 Å². The van der Waals surface area contributed by atoms with Gasteiger partial charge in [0.1, 0.15) is 5.78 Å². The summed E-state index contributed by atoms with van der Waals surface area (Å²) in [7, 11) is 1.66. The van der Waals surface area contributed by atoms with E-state index in [-0.39, 0.29) is 18.2 Å². The van der Waals surface area contributed by atoms with Gasteiger partial charge in [0.05, 0.1) is 6.04 Å². The van der Waals surface area contributed by atoms with E-state index in [1.54, 1.807) is 7.05 Å². The highest BCUT2D eigenvalue weighted by Gasteiger charge is 2.21. The number of hydrogen-bond acceptors (Lipinski definition) is 4. The van der Waals surface area contributed by atoms with Gasteiger partial charge in [0.15, 0.2) is 0 Å². The summed E-state index contributed by atoms with van der Waals surface area (Å²) in [6.45, 7) is 6.89. The van der Waals surface area contributed by atoms with Crippen LogP contribution in [0, 0.1) is 0 Å². The van der Waals surface area contributed by atoms with Crippen molar-refractivity contribution >= 4 is 17.5 Å². The highest BCUT2D eigenvalue weighted by atomic mass is 16.2. The molecule has 0 fully saturated rings. The molecular weight excluding hydrogens is 220 g/mol. The van der Waals surface area contributed by atoms with E-state index in [9.17, 15) is 14.4 Å². The van der Waals surface area contributed by atoms with Crippen molar-refractivity contribution in [3.63, 3.8) is 0 Å². The monoisotopic (exact) mass is 242 g/mol. The summed E-state index contributed by atoms with van der Waals surface area (Å²) in [4.78, 5) is 34.1. The molecule has 0 spiro atoms. The number of nitrogens with one attached hydrogen (secondary N) is 2. The Kier molecular flexibility index (Phi) is 6.02. The van der Waals surface area contributed by atoms with E-state index in [1.807, 2.05) is 20.8 Å². The van der Waals surface area contributed by atoms with E-state index in [4.69, 9.17) is 0 Å². The van der Waals surface area contributed by atoms with Gasteiger partial charge in [0.25, 0.3) is 5.91 Å². The minimum absolute atomic E-state index is 0.0310. The molecule has 0 aliphatic carbocycles. The molecule has 1 atom stereocenters. The van der Waals surface area contributed by atoms with Gasteiger partial charge in [-0.2, -0.15) is 0 Å². The fraction of sp³-hybridized carbons (Fsp3) is 0.750. The van der Waals surface area contributed by atoms with E-state index in [0.29, 0.717) is 6.42 Å². The van der Waals surface area contributed by atoms with Gasteiger partial charge < -0.3 is 10.6 Å². The molecule has 5 heteroatoms. The SMILES string of the molecule is CN[C@@H](CCC(=O)C(=O)NC(C)(C)C)C(C)=O. The summed E-state index contributed by atoms with van der Waals surface area (Å²) >= 11 is 0. The third kappa shape index (κ3) is 6.84. The first-order chi connectivity index (χ1) is 7.67. The fourth-order valence-electron chi connectivity index (χ4n) is 1.35. The Balaban J connectivity index is 4.18. The van der Waals surface area contributed by atoms with Crippen LogP contribution in [0.1, 0.15) is 40.5 Å². The number of hydrogen-bond donors (Lipinski definition) is 2. The molecule has 0 aliphatic rings. The number of amides is 1. The second kappa shape index (κ2) is 6.49. The minimum Gasteiger partial charge on any atom is -0.345 e. The Morgan fingerprint density at radius 3 is 2.06 bits per heavy atom. The van der Waals surface area contributed by atoms with E-state index in [0.717, 1.165) is 0 Å². The number of likely N-dealkylation sites (N-methyl/N-ethyl adjacent to an activating group) is 1. The standard InChI is InChI=1S/C12H22N2O3/c1-8(15)9(13-5)6-7-10(16)11(17)14-12(2,3)4/h9,13H,6-7H2,1-5H3,(H,14,17)/t9-/m0/s1. The lowest BCUT2D eigenvalue weighted by Gasteiger charge is -2.20. The first-order valence-corrected chi connectivity index (χ1v) is 5.70. The molecule has 0 unspecified atom stereocenters. The fourth-order valence-corrected chi connectivity index (χ4v) is 1.35. The molecule has 98 valence electrons. The molecule has 0 heterocycles. The van der Waals surface area contributed by atoms with E-state index < -0.39 is 17.2 Å². The van der Waals surface area contributed by atoms with Gasteiger partial charge in [0.2, 0.25) is 5.78 Å². The molecule has 0 aromatic carbocycles. The van der Waals surface area contributed by atoms with Crippen LogP contribution in [0.5, 0.6) is 0 Å². The second-order valence-corrected chi connectivity index (χ2v) is 5.12. The van der Waals surface area contributed by atoms with E-state index >= 15 is 0 Å². The van der Waals surface area contributed by atoms with Gasteiger partial charge in [-0.3, -0.25) is 14.4 Å². The average molecular weight is 242 g/mol. The maximum atomic E-state index is 11.5. The molecule has 0 aliphatic heterocycles. The topological polar surface area (TPSA) is 75.3 Å². The highest BCUT2D eigenvalue weighted by molar-refractivity contribution is 6.36. The maximum Gasteiger partial charge on any atom is 0.287 e. The largest absolute Gasteiger partial charge is 0.345 e. The van der Waals surface area contributed by atoms with Crippen LogP contribution in [0.25, 0.3) is 0 Å². The Hall–Kier alpha value is -1.23. The van der Waals surface area contributed by atoms with Crippen LogP contribution >= 0.6 is 0 Å². The Labute approximate surface area is 102 Å². The number of rotatable bonds is 6. The molecule has 0 saturated heterocycles. The van der Waals surface area contributed by atoms with Crippen molar-refractivity contribution in [2.45, 2.75) is 52.1 Å². The van der Waals surface area contributed by atoms with Crippen molar-refractivity contribution in [3.05, 3.63) is 0 Å². The number of carbonyl (C=O) groups excluding carboxylic acids is 3. The van der Waals surface area contributed by atoms with Crippen molar-refractivity contribution in [3.8, 4) is 0 Å².